The molecular weight excluding hydrogens is 538 g/mol. The van der Waals surface area contributed by atoms with Gasteiger partial charge in [0.1, 0.15) is 17.4 Å². The molecule has 0 radical (unpaired) electrons. The number of aromatic carboxylic acids is 1. The van der Waals surface area contributed by atoms with E-state index in [1.54, 1.807) is 30.7 Å². The maximum absolute atomic E-state index is 13.0. The van der Waals surface area contributed by atoms with Gasteiger partial charge in [-0.1, -0.05) is 0 Å². The number of likely N-dealkylation sites (N-methyl/N-ethyl adjacent to an activating group) is 1. The number of ether oxygens (including phenoxy) is 1. The SMILES string of the molecule is CCN1C(=O)C(C)(C)C(=O)N(C)c2cc(OCCCN(CCNC)Cc3ccncc3)ccc21.O=C(O)c1ccoc1. The van der Waals surface area contributed by atoms with E-state index in [4.69, 9.17) is 9.84 Å². The smallest absolute Gasteiger partial charge is 0.338 e. The Morgan fingerprint density at radius 2 is 1.83 bits per heavy atom. The Morgan fingerprint density at radius 1 is 1.10 bits per heavy atom. The van der Waals surface area contributed by atoms with E-state index in [-0.39, 0.29) is 17.4 Å². The largest absolute Gasteiger partial charge is 0.493 e. The van der Waals surface area contributed by atoms with Gasteiger partial charge in [-0.25, -0.2) is 4.79 Å². The number of carbonyl (C=O) groups excluding carboxylic acids is 2. The van der Waals surface area contributed by atoms with Gasteiger partial charge in [0.25, 0.3) is 0 Å². The number of pyridine rings is 1. The van der Waals surface area contributed by atoms with E-state index >= 15 is 0 Å². The van der Waals surface area contributed by atoms with Gasteiger partial charge in [-0.15, -0.1) is 0 Å². The lowest BCUT2D eigenvalue weighted by atomic mass is 9.90. The van der Waals surface area contributed by atoms with Crippen molar-refractivity contribution in [3.8, 4) is 5.75 Å². The fourth-order valence-electron chi connectivity index (χ4n) is 4.62. The number of fused-ring (bicyclic) bond motifs is 1. The number of anilines is 2. The van der Waals surface area contributed by atoms with Crippen LogP contribution in [-0.4, -0.2) is 79.7 Å². The minimum Gasteiger partial charge on any atom is -0.493 e. The lowest BCUT2D eigenvalue weighted by Gasteiger charge is -2.27. The number of hydrogen-bond acceptors (Lipinski definition) is 8. The van der Waals surface area contributed by atoms with E-state index < -0.39 is 11.4 Å². The predicted molar refractivity (Wildman–Crippen MR) is 161 cm³/mol. The molecule has 0 atom stereocenters. The number of nitrogens with one attached hydrogen (secondary N) is 1. The highest BCUT2D eigenvalue weighted by atomic mass is 16.5. The molecule has 11 nitrogen and oxygen atoms in total. The van der Waals surface area contributed by atoms with Crippen LogP contribution in [0.3, 0.4) is 0 Å². The molecule has 0 aliphatic carbocycles. The summed E-state index contributed by atoms with van der Waals surface area (Å²) in [4.78, 5) is 45.8. The fourth-order valence-corrected chi connectivity index (χ4v) is 4.62. The molecule has 226 valence electrons. The first-order valence-corrected chi connectivity index (χ1v) is 14.0. The molecule has 2 aromatic heterocycles. The van der Waals surface area contributed by atoms with Crippen LogP contribution in [0.5, 0.6) is 5.75 Å². The second kappa shape index (κ2) is 15.1. The zero-order valence-corrected chi connectivity index (χ0v) is 25.0. The van der Waals surface area contributed by atoms with Crippen LogP contribution in [0.2, 0.25) is 0 Å². The van der Waals surface area contributed by atoms with Gasteiger partial charge < -0.3 is 29.4 Å². The van der Waals surface area contributed by atoms with Gasteiger partial charge in [-0.3, -0.25) is 19.5 Å². The molecule has 0 saturated carbocycles. The fraction of sp³-hybridized carbons (Fsp3) is 0.419. The molecule has 2 amide bonds. The topological polar surface area (TPSA) is 128 Å². The number of benzene rings is 1. The van der Waals surface area contributed by atoms with Crippen molar-refractivity contribution in [1.82, 2.24) is 15.2 Å². The van der Waals surface area contributed by atoms with Gasteiger partial charge in [0.15, 0.2) is 0 Å². The van der Waals surface area contributed by atoms with Gasteiger partial charge in [-0.2, -0.15) is 0 Å². The summed E-state index contributed by atoms with van der Waals surface area (Å²) < 4.78 is 10.6. The lowest BCUT2D eigenvalue weighted by Crippen LogP contribution is -2.47. The Kier molecular flexibility index (Phi) is 11.6. The molecule has 1 aromatic carbocycles. The highest BCUT2D eigenvalue weighted by molar-refractivity contribution is 6.20. The Morgan fingerprint density at radius 3 is 2.43 bits per heavy atom. The van der Waals surface area contributed by atoms with E-state index in [0.29, 0.717) is 24.6 Å². The number of furan rings is 1. The zero-order chi connectivity index (χ0) is 30.7. The van der Waals surface area contributed by atoms with Crippen LogP contribution >= 0.6 is 0 Å². The third-order valence-corrected chi connectivity index (χ3v) is 7.02. The second-order valence-corrected chi connectivity index (χ2v) is 10.4. The van der Waals surface area contributed by atoms with Crippen molar-refractivity contribution < 1.29 is 28.6 Å². The standard InChI is InChI=1S/C26H37N5O3.C5H4O3/c1-6-31-22-9-8-21(18-23(22)29(5)24(32)26(2,3)25(31)33)34-17-7-15-30(16-14-27-4)19-20-10-12-28-13-11-20;6-5(7)4-1-2-8-3-4/h8-13,18,27H,6-7,14-17,19H2,1-5H3;1-3H,(H,6,7). The highest BCUT2D eigenvalue weighted by Gasteiger charge is 2.45. The van der Waals surface area contributed by atoms with E-state index in [1.165, 1.54) is 24.2 Å². The summed E-state index contributed by atoms with van der Waals surface area (Å²) >= 11 is 0. The molecule has 2 N–H and O–H groups in total. The Bertz CT molecular complexity index is 1310. The maximum Gasteiger partial charge on any atom is 0.338 e. The monoisotopic (exact) mass is 579 g/mol. The summed E-state index contributed by atoms with van der Waals surface area (Å²) in [5.41, 5.74) is 1.73. The van der Waals surface area contributed by atoms with Crippen molar-refractivity contribution in [2.24, 2.45) is 5.41 Å². The van der Waals surface area contributed by atoms with E-state index in [1.807, 2.05) is 56.7 Å². The van der Waals surface area contributed by atoms with Crippen LogP contribution in [0.4, 0.5) is 11.4 Å². The Hall–Kier alpha value is -4.22. The number of carboxylic acids is 1. The second-order valence-electron chi connectivity index (χ2n) is 10.4. The molecule has 3 heterocycles. The third-order valence-electron chi connectivity index (χ3n) is 7.02. The van der Waals surface area contributed by atoms with Crippen LogP contribution in [0.25, 0.3) is 0 Å². The molecule has 0 saturated heterocycles. The van der Waals surface area contributed by atoms with Crippen molar-refractivity contribution in [3.63, 3.8) is 0 Å². The molecule has 0 unspecified atom stereocenters. The van der Waals surface area contributed by atoms with Gasteiger partial charge in [-0.05, 0) is 70.1 Å². The first-order valence-electron chi connectivity index (χ1n) is 14.0. The minimum absolute atomic E-state index is 0.185. The number of carbonyl (C=O) groups is 3. The zero-order valence-electron chi connectivity index (χ0n) is 25.0. The first kappa shape index (κ1) is 32.3. The van der Waals surface area contributed by atoms with Crippen LogP contribution in [-0.2, 0) is 16.1 Å². The van der Waals surface area contributed by atoms with Crippen molar-refractivity contribution in [2.75, 3.05) is 56.7 Å². The lowest BCUT2D eigenvalue weighted by molar-refractivity contribution is -0.137. The van der Waals surface area contributed by atoms with Crippen molar-refractivity contribution in [2.45, 2.75) is 33.7 Å². The minimum atomic E-state index is -1.11. The van der Waals surface area contributed by atoms with Gasteiger partial charge in [0.2, 0.25) is 11.8 Å². The molecule has 0 fully saturated rings. The van der Waals surface area contributed by atoms with Crippen LogP contribution < -0.4 is 19.9 Å². The van der Waals surface area contributed by atoms with Crippen LogP contribution in [0.15, 0.2) is 65.7 Å². The number of amides is 2. The molecule has 11 heteroatoms. The summed E-state index contributed by atoms with van der Waals surface area (Å²) in [6, 6.07) is 11.1. The van der Waals surface area contributed by atoms with E-state index in [2.05, 4.69) is 19.6 Å². The van der Waals surface area contributed by atoms with Crippen LogP contribution in [0, 0.1) is 5.41 Å². The molecule has 1 aliphatic rings. The Balaban J connectivity index is 0.000000521. The summed E-state index contributed by atoms with van der Waals surface area (Å²) in [7, 11) is 3.68. The highest BCUT2D eigenvalue weighted by Crippen LogP contribution is 2.40. The summed E-state index contributed by atoms with van der Waals surface area (Å²) in [5.74, 6) is -0.672. The Labute approximate surface area is 247 Å². The van der Waals surface area contributed by atoms with Crippen molar-refractivity contribution in [3.05, 3.63) is 72.4 Å². The number of carboxylic acid groups (broad SMARTS) is 1. The van der Waals surface area contributed by atoms with E-state index in [9.17, 15) is 14.4 Å². The normalized spacial score (nSPS) is 14.2. The summed E-state index contributed by atoms with van der Waals surface area (Å²) in [6.07, 6.45) is 7.02. The average Bonchev–Trinajstić information content (AvgIpc) is 3.53. The molecule has 42 heavy (non-hydrogen) atoms. The summed E-state index contributed by atoms with van der Waals surface area (Å²) in [6.45, 7) is 9.98. The number of nitrogens with zero attached hydrogens (tertiary/aromatic N) is 4. The molecular formula is C31H41N5O6. The van der Waals surface area contributed by atoms with Crippen molar-refractivity contribution >= 4 is 29.2 Å². The van der Waals surface area contributed by atoms with Gasteiger partial charge in [0.05, 0.1) is 29.8 Å². The number of aromatic nitrogens is 1. The number of rotatable bonds is 12. The first-order chi connectivity index (χ1) is 20.1. The van der Waals surface area contributed by atoms with E-state index in [0.717, 1.165) is 38.3 Å². The third kappa shape index (κ3) is 8.17. The molecule has 4 rings (SSSR count). The van der Waals surface area contributed by atoms with Crippen LogP contribution in [0.1, 0.15) is 43.1 Å². The molecule has 3 aromatic rings. The van der Waals surface area contributed by atoms with Gasteiger partial charge in [0, 0.05) is 58.2 Å². The average molecular weight is 580 g/mol. The molecule has 0 spiro atoms. The van der Waals surface area contributed by atoms with Gasteiger partial charge >= 0.3 is 5.97 Å². The quantitative estimate of drug-likeness (QED) is 0.242. The molecule has 0 bridgehead atoms. The number of hydrogen-bond donors (Lipinski definition) is 2. The predicted octanol–water partition coefficient (Wildman–Crippen LogP) is 3.91. The maximum atomic E-state index is 13.0. The molecule has 1 aliphatic heterocycles. The van der Waals surface area contributed by atoms with Crippen molar-refractivity contribution in [1.29, 1.82) is 0 Å². The summed E-state index contributed by atoms with van der Waals surface area (Å²) in [5, 5.41) is 11.4.